The second-order valence-electron chi connectivity index (χ2n) is 11.0. The molecule has 2 amide bonds. The van der Waals surface area contributed by atoms with Gasteiger partial charge in [-0.2, -0.15) is 0 Å². The third kappa shape index (κ3) is 10.4. The van der Waals surface area contributed by atoms with Crippen molar-refractivity contribution in [1.29, 1.82) is 0 Å². The molecule has 9 nitrogen and oxygen atoms in total. The minimum atomic E-state index is -1.03. The van der Waals surface area contributed by atoms with Crippen LogP contribution in [0.3, 0.4) is 0 Å². The van der Waals surface area contributed by atoms with Crippen molar-refractivity contribution in [2.75, 3.05) is 18.4 Å². The summed E-state index contributed by atoms with van der Waals surface area (Å²) in [7, 11) is 0. The summed E-state index contributed by atoms with van der Waals surface area (Å²) in [5.41, 5.74) is 3.10. The first-order valence-electron chi connectivity index (χ1n) is 15.3. The Bertz CT molecular complexity index is 1670. The smallest absolute Gasteiger partial charge is 0.320 e. The third-order valence-corrected chi connectivity index (χ3v) is 7.60. The van der Waals surface area contributed by atoms with Gasteiger partial charge >= 0.3 is 11.9 Å². The number of carbonyl (C=O) groups is 4. The maximum Gasteiger partial charge on any atom is 0.320 e. The molecule has 4 rings (SSSR count). The molecule has 0 saturated heterocycles. The summed E-state index contributed by atoms with van der Waals surface area (Å²) in [6.07, 6.45) is 5.05. The van der Waals surface area contributed by atoms with E-state index >= 15 is 0 Å². The number of unbranched alkanes of at least 4 members (excludes halogenated alkanes) is 1. The summed E-state index contributed by atoms with van der Waals surface area (Å²) in [5, 5.41) is 26.8. The second kappa shape index (κ2) is 17.3. The first kappa shape index (κ1) is 33.6. The number of aliphatic carboxylic acids is 2. The Labute approximate surface area is 268 Å². The number of carbonyl (C=O) groups excluding carboxylic acids is 2. The minimum absolute atomic E-state index is 0.0828. The second-order valence-corrected chi connectivity index (χ2v) is 11.0. The summed E-state index contributed by atoms with van der Waals surface area (Å²) in [6.45, 7) is 1.14. The molecule has 238 valence electrons. The molecule has 0 aliphatic carbocycles. The van der Waals surface area contributed by atoms with Gasteiger partial charge in [0, 0.05) is 37.3 Å². The summed E-state index contributed by atoms with van der Waals surface area (Å²) < 4.78 is 0. The van der Waals surface area contributed by atoms with Crippen LogP contribution in [0.2, 0.25) is 0 Å². The predicted molar refractivity (Wildman–Crippen MR) is 179 cm³/mol. The van der Waals surface area contributed by atoms with Crippen molar-refractivity contribution in [3.05, 3.63) is 120 Å². The molecule has 0 spiro atoms. The normalized spacial score (nSPS) is 11.8. The molecule has 0 unspecified atom stereocenters. The lowest BCUT2D eigenvalue weighted by Crippen LogP contribution is -2.41. The number of nitrogens with one attached hydrogen (secondary N) is 2. The molecule has 4 N–H and O–H groups in total. The van der Waals surface area contributed by atoms with Gasteiger partial charge in [-0.3, -0.25) is 24.1 Å². The van der Waals surface area contributed by atoms with Crippen molar-refractivity contribution in [3.8, 4) is 0 Å². The number of amides is 2. The van der Waals surface area contributed by atoms with E-state index < -0.39 is 18.0 Å². The molecule has 0 aromatic heterocycles. The van der Waals surface area contributed by atoms with Crippen LogP contribution in [0, 0.1) is 0 Å². The molecule has 0 radical (unpaired) electrons. The fourth-order valence-electron chi connectivity index (χ4n) is 5.25. The number of carboxylic acids is 2. The average Bonchev–Trinajstić information content (AvgIpc) is 3.05. The van der Waals surface area contributed by atoms with Gasteiger partial charge in [-0.1, -0.05) is 84.9 Å². The molecule has 0 heterocycles. The molecule has 46 heavy (non-hydrogen) atoms. The highest BCUT2D eigenvalue weighted by Crippen LogP contribution is 2.23. The van der Waals surface area contributed by atoms with Crippen molar-refractivity contribution >= 4 is 46.3 Å². The Morgan fingerprint density at radius 2 is 1.54 bits per heavy atom. The lowest BCUT2D eigenvalue weighted by Gasteiger charge is -2.28. The van der Waals surface area contributed by atoms with E-state index in [0.29, 0.717) is 50.1 Å². The number of rotatable bonds is 17. The number of carboxylic acid groups (broad SMARTS) is 2. The van der Waals surface area contributed by atoms with Crippen molar-refractivity contribution < 1.29 is 29.4 Å². The Morgan fingerprint density at radius 1 is 0.804 bits per heavy atom. The third-order valence-electron chi connectivity index (χ3n) is 7.60. The molecule has 0 bridgehead atoms. The van der Waals surface area contributed by atoms with Crippen molar-refractivity contribution in [2.24, 2.45) is 0 Å². The van der Waals surface area contributed by atoms with Crippen LogP contribution in [-0.4, -0.2) is 58.0 Å². The molecule has 4 aromatic rings. The van der Waals surface area contributed by atoms with Crippen LogP contribution in [0.25, 0.3) is 16.8 Å². The molecule has 0 fully saturated rings. The van der Waals surface area contributed by atoms with E-state index in [2.05, 4.69) is 10.6 Å². The van der Waals surface area contributed by atoms with E-state index in [9.17, 15) is 24.3 Å². The summed E-state index contributed by atoms with van der Waals surface area (Å²) in [5.74, 6) is -2.48. The van der Waals surface area contributed by atoms with Crippen molar-refractivity contribution in [3.63, 3.8) is 0 Å². The highest BCUT2D eigenvalue weighted by molar-refractivity contribution is 6.04. The van der Waals surface area contributed by atoms with Gasteiger partial charge in [0.2, 0.25) is 5.91 Å². The maximum absolute atomic E-state index is 12.6. The van der Waals surface area contributed by atoms with Crippen LogP contribution in [0.15, 0.2) is 103 Å². The first-order chi connectivity index (χ1) is 22.3. The Hall–Kier alpha value is -5.28. The van der Waals surface area contributed by atoms with Crippen LogP contribution in [0.4, 0.5) is 5.69 Å². The fourth-order valence-corrected chi connectivity index (χ4v) is 5.25. The quantitative estimate of drug-likeness (QED) is 0.103. The largest absolute Gasteiger partial charge is 0.481 e. The van der Waals surface area contributed by atoms with Gasteiger partial charge in [-0.15, -0.1) is 0 Å². The standard InChI is InChI=1S/C37H39N3O6/c41-34(21-22-35(42)43)38-23-7-6-20-33(37(45)46)40(26-30-17-9-16-28-13-4-5-19-32(28)30)24-10-12-27-11-8-18-31(25-27)39-36(44)29-14-2-1-3-15-29/h1-5,8-19,25,33H,6-7,20-24,26H2,(H,38,41)(H,39,44)(H,42,43)(H,45,46)/b12-10+/t33-/m0/s1. The van der Waals surface area contributed by atoms with E-state index in [-0.39, 0.29) is 24.7 Å². The van der Waals surface area contributed by atoms with E-state index in [1.807, 2.05) is 102 Å². The molecule has 0 saturated carbocycles. The molecule has 4 aromatic carbocycles. The first-order valence-corrected chi connectivity index (χ1v) is 15.3. The molecule has 0 aliphatic rings. The van der Waals surface area contributed by atoms with Crippen molar-refractivity contribution in [1.82, 2.24) is 10.2 Å². The Morgan fingerprint density at radius 3 is 2.33 bits per heavy atom. The Kier molecular flexibility index (Phi) is 12.6. The van der Waals surface area contributed by atoms with E-state index in [1.54, 1.807) is 12.1 Å². The molecule has 1 atom stereocenters. The van der Waals surface area contributed by atoms with Gasteiger partial charge in [0.1, 0.15) is 6.04 Å². The zero-order valence-corrected chi connectivity index (χ0v) is 25.6. The lowest BCUT2D eigenvalue weighted by molar-refractivity contribution is -0.143. The van der Waals surface area contributed by atoms with Gasteiger partial charge in [-0.25, -0.2) is 0 Å². The van der Waals surface area contributed by atoms with Gasteiger partial charge < -0.3 is 20.8 Å². The van der Waals surface area contributed by atoms with E-state index in [4.69, 9.17) is 5.11 Å². The molecular weight excluding hydrogens is 582 g/mol. The fraction of sp³-hybridized carbons (Fsp3) is 0.243. The van der Waals surface area contributed by atoms with Crippen LogP contribution in [0.5, 0.6) is 0 Å². The summed E-state index contributed by atoms with van der Waals surface area (Å²) >= 11 is 0. The number of nitrogens with zero attached hydrogens (tertiary/aromatic N) is 1. The highest BCUT2D eigenvalue weighted by Gasteiger charge is 2.25. The van der Waals surface area contributed by atoms with Crippen LogP contribution in [0.1, 0.15) is 53.6 Å². The monoisotopic (exact) mass is 621 g/mol. The maximum atomic E-state index is 12.6. The topological polar surface area (TPSA) is 136 Å². The number of hydrogen-bond acceptors (Lipinski definition) is 5. The highest BCUT2D eigenvalue weighted by atomic mass is 16.4. The number of anilines is 1. The Balaban J connectivity index is 1.45. The van der Waals surface area contributed by atoms with Crippen LogP contribution < -0.4 is 10.6 Å². The summed E-state index contributed by atoms with van der Waals surface area (Å²) in [4.78, 5) is 49.7. The van der Waals surface area contributed by atoms with Gasteiger partial charge in [0.25, 0.3) is 5.91 Å². The number of fused-ring (bicyclic) bond motifs is 1. The summed E-state index contributed by atoms with van der Waals surface area (Å²) in [6, 6.07) is 29.7. The van der Waals surface area contributed by atoms with Crippen LogP contribution >= 0.6 is 0 Å². The number of benzene rings is 4. The van der Waals surface area contributed by atoms with Gasteiger partial charge in [0.15, 0.2) is 0 Å². The number of hydrogen-bond donors (Lipinski definition) is 4. The van der Waals surface area contributed by atoms with E-state index in [0.717, 1.165) is 21.9 Å². The minimum Gasteiger partial charge on any atom is -0.481 e. The SMILES string of the molecule is O=C(O)CCC(=O)NCCCC[C@@H](C(=O)O)N(C/C=C/c1cccc(NC(=O)c2ccccc2)c1)Cc1cccc2ccccc12. The van der Waals surface area contributed by atoms with Crippen LogP contribution in [-0.2, 0) is 20.9 Å². The average molecular weight is 622 g/mol. The van der Waals surface area contributed by atoms with Gasteiger partial charge in [-0.05, 0) is 65.4 Å². The predicted octanol–water partition coefficient (Wildman–Crippen LogP) is 6.21. The molecular formula is C37H39N3O6. The molecule has 9 heteroatoms. The zero-order valence-electron chi connectivity index (χ0n) is 25.6. The van der Waals surface area contributed by atoms with Crippen molar-refractivity contribution in [2.45, 2.75) is 44.7 Å². The molecule has 0 aliphatic heterocycles. The van der Waals surface area contributed by atoms with Gasteiger partial charge in [0.05, 0.1) is 6.42 Å². The van der Waals surface area contributed by atoms with E-state index in [1.165, 1.54) is 0 Å². The zero-order chi connectivity index (χ0) is 32.7. The lowest BCUT2D eigenvalue weighted by atomic mass is 10.0.